The molecule has 0 bridgehead atoms. The summed E-state index contributed by atoms with van der Waals surface area (Å²) in [7, 11) is 0. The molecule has 0 aliphatic carbocycles. The lowest BCUT2D eigenvalue weighted by atomic mass is 9.94. The second-order valence-corrected chi connectivity index (χ2v) is 5.36. The van der Waals surface area contributed by atoms with Crippen molar-refractivity contribution < 1.29 is 4.74 Å². The fourth-order valence-electron chi connectivity index (χ4n) is 1.95. The maximum atomic E-state index is 6.17. The molecule has 0 saturated carbocycles. The molecular weight excluding hydrogens is 301 g/mol. The molecule has 1 aliphatic rings. The molecule has 0 radical (unpaired) electrons. The minimum Gasteiger partial charge on any atom is -0.381 e. The molecule has 1 aromatic rings. The zero-order valence-electron chi connectivity index (χ0n) is 8.66. The minimum atomic E-state index is 0.243. The van der Waals surface area contributed by atoms with Gasteiger partial charge in [0.1, 0.15) is 0 Å². The van der Waals surface area contributed by atoms with Crippen LogP contribution in [-0.2, 0) is 11.2 Å². The van der Waals surface area contributed by atoms with Crippen molar-refractivity contribution in [3.8, 4) is 0 Å². The van der Waals surface area contributed by atoms with Crippen molar-refractivity contribution in [1.29, 1.82) is 0 Å². The first-order chi connectivity index (χ1) is 7.25. The Kier molecular flexibility index (Phi) is 3.99. The standard InChI is InChI=1S/C12H16INO/c13-11-3-1-9(2-4-11)7-12(14)10-5-6-15-8-10/h1-4,10,12H,5-8,14H2. The van der Waals surface area contributed by atoms with Crippen molar-refractivity contribution in [1.82, 2.24) is 0 Å². The molecule has 2 N–H and O–H groups in total. The van der Waals surface area contributed by atoms with Gasteiger partial charge in [0, 0.05) is 16.2 Å². The van der Waals surface area contributed by atoms with Crippen LogP contribution < -0.4 is 5.73 Å². The van der Waals surface area contributed by atoms with Crippen LogP contribution in [0, 0.1) is 9.49 Å². The Morgan fingerprint density at radius 1 is 1.40 bits per heavy atom. The van der Waals surface area contributed by atoms with E-state index in [0.717, 1.165) is 26.1 Å². The van der Waals surface area contributed by atoms with E-state index >= 15 is 0 Å². The van der Waals surface area contributed by atoms with Gasteiger partial charge in [-0.25, -0.2) is 0 Å². The Morgan fingerprint density at radius 3 is 2.73 bits per heavy atom. The molecule has 3 heteroatoms. The van der Waals surface area contributed by atoms with E-state index in [4.69, 9.17) is 10.5 Å². The molecule has 15 heavy (non-hydrogen) atoms. The molecule has 2 atom stereocenters. The van der Waals surface area contributed by atoms with Gasteiger partial charge in [0.2, 0.25) is 0 Å². The Balaban J connectivity index is 1.92. The Morgan fingerprint density at radius 2 is 2.13 bits per heavy atom. The molecule has 1 saturated heterocycles. The quantitative estimate of drug-likeness (QED) is 0.868. The van der Waals surface area contributed by atoms with Gasteiger partial charge in [0.15, 0.2) is 0 Å². The maximum absolute atomic E-state index is 6.17. The zero-order chi connectivity index (χ0) is 10.7. The number of hydrogen-bond acceptors (Lipinski definition) is 2. The van der Waals surface area contributed by atoms with E-state index < -0.39 is 0 Å². The number of hydrogen-bond donors (Lipinski definition) is 1. The van der Waals surface area contributed by atoms with Gasteiger partial charge in [0.25, 0.3) is 0 Å². The van der Waals surface area contributed by atoms with Crippen molar-refractivity contribution in [3.05, 3.63) is 33.4 Å². The zero-order valence-corrected chi connectivity index (χ0v) is 10.8. The van der Waals surface area contributed by atoms with E-state index in [1.165, 1.54) is 9.13 Å². The van der Waals surface area contributed by atoms with Gasteiger partial charge in [-0.3, -0.25) is 0 Å². The summed E-state index contributed by atoms with van der Waals surface area (Å²) < 4.78 is 6.63. The van der Waals surface area contributed by atoms with Gasteiger partial charge < -0.3 is 10.5 Å². The molecule has 2 rings (SSSR count). The van der Waals surface area contributed by atoms with E-state index in [-0.39, 0.29) is 6.04 Å². The van der Waals surface area contributed by atoms with Crippen molar-refractivity contribution in [2.24, 2.45) is 11.7 Å². The summed E-state index contributed by atoms with van der Waals surface area (Å²) in [5, 5.41) is 0. The highest BCUT2D eigenvalue weighted by molar-refractivity contribution is 14.1. The highest BCUT2D eigenvalue weighted by Crippen LogP contribution is 2.18. The van der Waals surface area contributed by atoms with Crippen LogP contribution in [0.4, 0.5) is 0 Å². The van der Waals surface area contributed by atoms with Crippen LogP contribution in [0.1, 0.15) is 12.0 Å². The lowest BCUT2D eigenvalue weighted by Gasteiger charge is -2.17. The summed E-state index contributed by atoms with van der Waals surface area (Å²) in [5.41, 5.74) is 7.50. The molecule has 0 spiro atoms. The van der Waals surface area contributed by atoms with E-state index in [1.54, 1.807) is 0 Å². The molecule has 1 aromatic carbocycles. The minimum absolute atomic E-state index is 0.243. The number of nitrogens with two attached hydrogens (primary N) is 1. The summed E-state index contributed by atoms with van der Waals surface area (Å²) in [6.07, 6.45) is 2.08. The molecular formula is C12H16INO. The molecule has 0 aromatic heterocycles. The SMILES string of the molecule is NC(Cc1ccc(I)cc1)C1CCOC1. The summed E-state index contributed by atoms with van der Waals surface area (Å²) in [6, 6.07) is 8.84. The van der Waals surface area contributed by atoms with Gasteiger partial charge in [0.05, 0.1) is 6.61 Å². The van der Waals surface area contributed by atoms with Crippen LogP contribution in [0.15, 0.2) is 24.3 Å². The van der Waals surface area contributed by atoms with Crippen molar-refractivity contribution in [2.75, 3.05) is 13.2 Å². The predicted octanol–water partition coefficient (Wildman–Crippen LogP) is 2.20. The third kappa shape index (κ3) is 3.16. The van der Waals surface area contributed by atoms with Gasteiger partial charge >= 0.3 is 0 Å². The normalized spacial score (nSPS) is 22.9. The topological polar surface area (TPSA) is 35.2 Å². The number of rotatable bonds is 3. The monoisotopic (exact) mass is 317 g/mol. The number of ether oxygens (including phenoxy) is 1. The molecule has 1 heterocycles. The lowest BCUT2D eigenvalue weighted by Crippen LogP contribution is -2.32. The van der Waals surface area contributed by atoms with Crippen molar-refractivity contribution >= 4 is 22.6 Å². The molecule has 1 fully saturated rings. The summed E-state index contributed by atoms with van der Waals surface area (Å²) in [6.45, 7) is 1.72. The molecule has 2 unspecified atom stereocenters. The Bertz CT molecular complexity index is 306. The summed E-state index contributed by atoms with van der Waals surface area (Å²) in [5.74, 6) is 0.546. The van der Waals surface area contributed by atoms with Crippen LogP contribution in [-0.4, -0.2) is 19.3 Å². The van der Waals surface area contributed by atoms with Crippen LogP contribution >= 0.6 is 22.6 Å². The largest absolute Gasteiger partial charge is 0.381 e. The van der Waals surface area contributed by atoms with E-state index in [0.29, 0.717) is 5.92 Å². The Hall–Kier alpha value is -0.130. The van der Waals surface area contributed by atoms with Crippen molar-refractivity contribution in [2.45, 2.75) is 18.9 Å². The van der Waals surface area contributed by atoms with Crippen LogP contribution in [0.2, 0.25) is 0 Å². The first kappa shape index (κ1) is 11.4. The third-order valence-electron chi connectivity index (χ3n) is 2.96. The number of halogens is 1. The van der Waals surface area contributed by atoms with Gasteiger partial charge in [-0.05, 0) is 59.0 Å². The highest BCUT2D eigenvalue weighted by Gasteiger charge is 2.22. The predicted molar refractivity (Wildman–Crippen MR) is 69.8 cm³/mol. The smallest absolute Gasteiger partial charge is 0.0510 e. The lowest BCUT2D eigenvalue weighted by molar-refractivity contribution is 0.180. The van der Waals surface area contributed by atoms with Gasteiger partial charge in [-0.15, -0.1) is 0 Å². The first-order valence-electron chi connectivity index (χ1n) is 5.33. The van der Waals surface area contributed by atoms with Gasteiger partial charge in [-0.1, -0.05) is 12.1 Å². The molecule has 2 nitrogen and oxygen atoms in total. The first-order valence-corrected chi connectivity index (χ1v) is 6.41. The second-order valence-electron chi connectivity index (χ2n) is 4.12. The van der Waals surface area contributed by atoms with Crippen LogP contribution in [0.25, 0.3) is 0 Å². The van der Waals surface area contributed by atoms with Gasteiger partial charge in [-0.2, -0.15) is 0 Å². The average Bonchev–Trinajstić information content (AvgIpc) is 2.74. The summed E-state index contributed by atoms with van der Waals surface area (Å²) >= 11 is 2.32. The fourth-order valence-corrected chi connectivity index (χ4v) is 2.31. The molecule has 82 valence electrons. The fraction of sp³-hybridized carbons (Fsp3) is 0.500. The second kappa shape index (κ2) is 5.27. The van der Waals surface area contributed by atoms with E-state index in [9.17, 15) is 0 Å². The van der Waals surface area contributed by atoms with Crippen LogP contribution in [0.5, 0.6) is 0 Å². The average molecular weight is 317 g/mol. The maximum Gasteiger partial charge on any atom is 0.0510 e. The highest BCUT2D eigenvalue weighted by atomic mass is 127. The summed E-state index contributed by atoms with van der Waals surface area (Å²) in [4.78, 5) is 0. The van der Waals surface area contributed by atoms with Crippen LogP contribution in [0.3, 0.4) is 0 Å². The van der Waals surface area contributed by atoms with Crippen molar-refractivity contribution in [3.63, 3.8) is 0 Å². The van der Waals surface area contributed by atoms with E-state index in [1.807, 2.05) is 0 Å². The Labute approximate surface area is 104 Å². The number of benzene rings is 1. The molecule has 0 amide bonds. The molecule has 1 aliphatic heterocycles. The third-order valence-corrected chi connectivity index (χ3v) is 3.67. The van der Waals surface area contributed by atoms with E-state index in [2.05, 4.69) is 46.9 Å².